The van der Waals surface area contributed by atoms with Gasteiger partial charge < -0.3 is 14.1 Å². The van der Waals surface area contributed by atoms with Gasteiger partial charge in [-0.05, 0) is 31.0 Å². The molecule has 1 aromatic heterocycles. The minimum absolute atomic E-state index is 0.0436. The molecule has 0 bridgehead atoms. The number of halogens is 2. The zero-order valence-electron chi connectivity index (χ0n) is 14.2. The number of rotatable bonds is 5. The van der Waals surface area contributed by atoms with Crippen molar-refractivity contribution in [1.29, 1.82) is 0 Å². The highest BCUT2D eigenvalue weighted by molar-refractivity contribution is 5.97. The molecule has 1 aliphatic rings. The monoisotopic (exact) mass is 357 g/mol. The van der Waals surface area contributed by atoms with Gasteiger partial charge in [0.15, 0.2) is 17.1 Å². The third-order valence-corrected chi connectivity index (χ3v) is 4.54. The average Bonchev–Trinajstić information content (AvgIpc) is 3.37. The summed E-state index contributed by atoms with van der Waals surface area (Å²) < 4.78 is 38.1. The number of para-hydroxylation sites is 1. The lowest BCUT2D eigenvalue weighted by atomic mass is 10.2. The molecule has 0 aliphatic heterocycles. The minimum atomic E-state index is -0.658. The summed E-state index contributed by atoms with van der Waals surface area (Å²) in [5, 5.41) is 0.761. The highest BCUT2D eigenvalue weighted by atomic mass is 19.1. The maximum atomic E-state index is 14.0. The Morgan fingerprint density at radius 3 is 2.73 bits per heavy atom. The standard InChI is InChI=1S/C20H17F2NO3/c1-25-17-4-2-3-12-9-18(26-19(12)17)20(24)23(15-7-8-15)11-13-5-6-14(21)10-16(13)22/h2-6,9-10,15H,7-8,11H2,1H3. The van der Waals surface area contributed by atoms with E-state index in [1.54, 1.807) is 17.0 Å². The summed E-state index contributed by atoms with van der Waals surface area (Å²) in [7, 11) is 1.53. The molecule has 4 rings (SSSR count). The normalized spacial score (nSPS) is 13.8. The lowest BCUT2D eigenvalue weighted by molar-refractivity contribution is 0.0698. The first-order valence-electron chi connectivity index (χ1n) is 8.38. The molecule has 1 amide bonds. The summed E-state index contributed by atoms with van der Waals surface area (Å²) in [5.41, 5.74) is 0.780. The van der Waals surface area contributed by atoms with Crippen LogP contribution in [0.2, 0.25) is 0 Å². The Bertz CT molecular complexity index is 978. The van der Waals surface area contributed by atoms with Gasteiger partial charge in [-0.3, -0.25) is 4.79 Å². The fourth-order valence-electron chi connectivity index (χ4n) is 3.03. The van der Waals surface area contributed by atoms with Crippen molar-refractivity contribution >= 4 is 16.9 Å². The molecule has 1 fully saturated rings. The molecule has 0 atom stereocenters. The van der Waals surface area contributed by atoms with Crippen molar-refractivity contribution in [2.24, 2.45) is 0 Å². The van der Waals surface area contributed by atoms with Crippen LogP contribution in [0, 0.1) is 11.6 Å². The number of amides is 1. The second-order valence-electron chi connectivity index (χ2n) is 6.39. The summed E-state index contributed by atoms with van der Waals surface area (Å²) in [4.78, 5) is 14.6. The lowest BCUT2D eigenvalue weighted by Crippen LogP contribution is -2.32. The Labute approximate surface area is 149 Å². The van der Waals surface area contributed by atoms with Gasteiger partial charge in [0.1, 0.15) is 11.6 Å². The van der Waals surface area contributed by atoms with Gasteiger partial charge in [-0.15, -0.1) is 0 Å². The summed E-state index contributed by atoms with van der Waals surface area (Å²) in [6, 6.07) is 10.5. The number of hydrogen-bond donors (Lipinski definition) is 0. The predicted molar refractivity (Wildman–Crippen MR) is 92.0 cm³/mol. The maximum absolute atomic E-state index is 14.0. The van der Waals surface area contributed by atoms with E-state index in [-0.39, 0.29) is 29.8 Å². The molecule has 1 aliphatic carbocycles. The largest absolute Gasteiger partial charge is 0.493 e. The summed E-state index contributed by atoms with van der Waals surface area (Å²) in [6.45, 7) is 0.0732. The van der Waals surface area contributed by atoms with Crippen molar-refractivity contribution in [3.05, 3.63) is 65.4 Å². The van der Waals surface area contributed by atoms with Crippen LogP contribution in [0.1, 0.15) is 29.0 Å². The molecule has 0 N–H and O–H groups in total. The Morgan fingerprint density at radius 2 is 2.04 bits per heavy atom. The SMILES string of the molecule is COc1cccc2cc(C(=O)N(Cc3ccc(F)cc3F)C3CC3)oc12. The fraction of sp³-hybridized carbons (Fsp3) is 0.250. The summed E-state index contributed by atoms with van der Waals surface area (Å²) >= 11 is 0. The Balaban J connectivity index is 1.66. The molecule has 0 spiro atoms. The van der Waals surface area contributed by atoms with Crippen molar-refractivity contribution in [1.82, 2.24) is 4.90 Å². The second-order valence-corrected chi connectivity index (χ2v) is 6.39. The highest BCUT2D eigenvalue weighted by Gasteiger charge is 2.35. The number of fused-ring (bicyclic) bond motifs is 1. The first-order chi connectivity index (χ1) is 12.6. The molecular formula is C20H17F2NO3. The van der Waals surface area contributed by atoms with E-state index >= 15 is 0 Å². The molecule has 134 valence electrons. The maximum Gasteiger partial charge on any atom is 0.290 e. The zero-order chi connectivity index (χ0) is 18.3. The van der Waals surface area contributed by atoms with Crippen LogP contribution < -0.4 is 4.74 Å². The number of methoxy groups -OCH3 is 1. The van der Waals surface area contributed by atoms with Crippen molar-refractivity contribution in [3.63, 3.8) is 0 Å². The van der Waals surface area contributed by atoms with Gasteiger partial charge in [-0.1, -0.05) is 18.2 Å². The molecule has 0 unspecified atom stereocenters. The van der Waals surface area contributed by atoms with Crippen molar-refractivity contribution in [2.45, 2.75) is 25.4 Å². The minimum Gasteiger partial charge on any atom is -0.493 e. The molecular weight excluding hydrogens is 340 g/mol. The van der Waals surface area contributed by atoms with Gasteiger partial charge in [0.25, 0.3) is 5.91 Å². The molecule has 6 heteroatoms. The number of ether oxygens (including phenoxy) is 1. The topological polar surface area (TPSA) is 42.7 Å². The quantitative estimate of drug-likeness (QED) is 0.674. The van der Waals surface area contributed by atoms with E-state index in [0.717, 1.165) is 24.3 Å². The van der Waals surface area contributed by atoms with Crippen molar-refractivity contribution in [2.75, 3.05) is 7.11 Å². The van der Waals surface area contributed by atoms with Gasteiger partial charge >= 0.3 is 0 Å². The first-order valence-corrected chi connectivity index (χ1v) is 8.38. The third kappa shape index (κ3) is 3.03. The second kappa shape index (κ2) is 6.44. The van der Waals surface area contributed by atoms with Crippen LogP contribution >= 0.6 is 0 Å². The summed E-state index contributed by atoms with van der Waals surface area (Å²) in [5.74, 6) is -0.882. The Morgan fingerprint density at radius 1 is 1.23 bits per heavy atom. The first kappa shape index (κ1) is 16.6. The van der Waals surface area contributed by atoms with E-state index in [2.05, 4.69) is 0 Å². The number of nitrogens with zero attached hydrogens (tertiary/aromatic N) is 1. The Hall–Kier alpha value is -2.89. The lowest BCUT2D eigenvalue weighted by Gasteiger charge is -2.21. The molecule has 1 heterocycles. The van der Waals surface area contributed by atoms with Crippen molar-refractivity contribution < 1.29 is 22.7 Å². The van der Waals surface area contributed by atoms with Crippen LogP contribution in [0.15, 0.2) is 46.9 Å². The number of hydrogen-bond acceptors (Lipinski definition) is 3. The Kier molecular flexibility index (Phi) is 4.11. The predicted octanol–water partition coefficient (Wildman–Crippen LogP) is 4.52. The smallest absolute Gasteiger partial charge is 0.290 e. The highest BCUT2D eigenvalue weighted by Crippen LogP contribution is 2.33. The fourth-order valence-corrected chi connectivity index (χ4v) is 3.03. The van der Waals surface area contributed by atoms with E-state index in [1.165, 1.54) is 19.2 Å². The van der Waals surface area contributed by atoms with Gasteiger partial charge in [0, 0.05) is 29.6 Å². The number of carbonyl (C=O) groups excluding carboxylic acids is 1. The van der Waals surface area contributed by atoms with Gasteiger partial charge in [0.05, 0.1) is 7.11 Å². The molecule has 4 nitrogen and oxygen atoms in total. The number of benzene rings is 2. The molecule has 0 radical (unpaired) electrons. The van der Waals surface area contributed by atoms with Gasteiger partial charge in [-0.2, -0.15) is 0 Å². The molecule has 3 aromatic rings. The molecule has 26 heavy (non-hydrogen) atoms. The van der Waals surface area contributed by atoms with Gasteiger partial charge in [-0.25, -0.2) is 8.78 Å². The zero-order valence-corrected chi connectivity index (χ0v) is 14.2. The van der Waals surface area contributed by atoms with Crippen LogP contribution in [0.25, 0.3) is 11.0 Å². The van der Waals surface area contributed by atoms with E-state index in [9.17, 15) is 13.6 Å². The molecule has 0 saturated heterocycles. The average molecular weight is 357 g/mol. The summed E-state index contributed by atoms with van der Waals surface area (Å²) in [6.07, 6.45) is 1.72. The molecule has 2 aromatic carbocycles. The van der Waals surface area contributed by atoms with E-state index in [1.807, 2.05) is 12.1 Å². The van der Waals surface area contributed by atoms with Crippen molar-refractivity contribution in [3.8, 4) is 5.75 Å². The van der Waals surface area contributed by atoms with E-state index in [0.29, 0.717) is 11.3 Å². The number of carbonyl (C=O) groups is 1. The van der Waals surface area contributed by atoms with Crippen LogP contribution in [0.3, 0.4) is 0 Å². The van der Waals surface area contributed by atoms with Crippen LogP contribution in [0.4, 0.5) is 8.78 Å². The van der Waals surface area contributed by atoms with Crippen LogP contribution in [0.5, 0.6) is 5.75 Å². The van der Waals surface area contributed by atoms with Crippen LogP contribution in [-0.2, 0) is 6.54 Å². The van der Waals surface area contributed by atoms with Crippen LogP contribution in [-0.4, -0.2) is 24.0 Å². The number of furan rings is 1. The third-order valence-electron chi connectivity index (χ3n) is 4.54. The van der Waals surface area contributed by atoms with Gasteiger partial charge in [0.2, 0.25) is 0 Å². The molecule has 1 saturated carbocycles. The van der Waals surface area contributed by atoms with E-state index < -0.39 is 11.6 Å². The van der Waals surface area contributed by atoms with E-state index in [4.69, 9.17) is 9.15 Å².